The molecule has 1 saturated heterocycles. The standard InChI is InChI=1S/C13H15N3O3S3/c1-22(17,18)9-2-3-11-10(4-9)16-8(7-19-11)5-15(13(16)21)6-12(14)20/h2-4,8H,5-7H2,1H3,(H2,14,20). The van der Waals surface area contributed by atoms with E-state index in [-0.39, 0.29) is 10.9 Å². The van der Waals surface area contributed by atoms with Crippen LogP contribution in [0.1, 0.15) is 0 Å². The molecule has 22 heavy (non-hydrogen) atoms. The third-order valence-corrected chi connectivity index (χ3v) is 5.36. The molecule has 0 saturated carbocycles. The Morgan fingerprint density at radius 2 is 2.23 bits per heavy atom. The van der Waals surface area contributed by atoms with E-state index >= 15 is 0 Å². The zero-order chi connectivity index (χ0) is 16.1. The van der Waals surface area contributed by atoms with Crippen LogP contribution in [-0.4, -0.2) is 55.4 Å². The van der Waals surface area contributed by atoms with Gasteiger partial charge in [-0.3, -0.25) is 0 Å². The van der Waals surface area contributed by atoms with E-state index in [1.54, 1.807) is 18.2 Å². The van der Waals surface area contributed by atoms with Gasteiger partial charge in [0.15, 0.2) is 14.9 Å². The summed E-state index contributed by atoms with van der Waals surface area (Å²) in [6, 6.07) is 4.85. The molecule has 2 aliphatic rings. The number of thiocarbonyl (C=S) groups is 2. The van der Waals surface area contributed by atoms with Crippen LogP contribution >= 0.6 is 24.4 Å². The first-order valence-electron chi connectivity index (χ1n) is 6.60. The van der Waals surface area contributed by atoms with Gasteiger partial charge in [-0.1, -0.05) is 12.2 Å². The zero-order valence-electron chi connectivity index (χ0n) is 11.9. The highest BCUT2D eigenvalue weighted by Gasteiger charge is 2.40. The molecule has 2 heterocycles. The van der Waals surface area contributed by atoms with Crippen molar-refractivity contribution in [2.75, 3.05) is 30.9 Å². The zero-order valence-corrected chi connectivity index (χ0v) is 14.3. The molecule has 0 aliphatic carbocycles. The molecule has 1 fully saturated rings. The molecule has 9 heteroatoms. The highest BCUT2D eigenvalue weighted by Crippen LogP contribution is 2.39. The Balaban J connectivity index is 2.01. The minimum absolute atomic E-state index is 0.0316. The molecule has 0 aromatic heterocycles. The van der Waals surface area contributed by atoms with E-state index in [1.807, 2.05) is 9.80 Å². The molecule has 0 amide bonds. The topological polar surface area (TPSA) is 75.9 Å². The summed E-state index contributed by atoms with van der Waals surface area (Å²) in [4.78, 5) is 4.45. The van der Waals surface area contributed by atoms with E-state index in [9.17, 15) is 8.42 Å². The summed E-state index contributed by atoms with van der Waals surface area (Å²) in [7, 11) is -3.29. The van der Waals surface area contributed by atoms with Crippen LogP contribution in [0.4, 0.5) is 5.69 Å². The molecule has 3 rings (SSSR count). The second-order valence-corrected chi connectivity index (χ2v) is 8.27. The molecule has 1 atom stereocenters. The maximum atomic E-state index is 11.8. The van der Waals surface area contributed by atoms with Crippen LogP contribution in [0.5, 0.6) is 5.75 Å². The first-order valence-corrected chi connectivity index (χ1v) is 9.31. The van der Waals surface area contributed by atoms with Crippen molar-refractivity contribution in [1.29, 1.82) is 0 Å². The molecule has 0 bridgehead atoms. The van der Waals surface area contributed by atoms with Crippen molar-refractivity contribution >= 4 is 50.1 Å². The molecule has 118 valence electrons. The summed E-state index contributed by atoms with van der Waals surface area (Å²) in [6.07, 6.45) is 1.18. The fourth-order valence-corrected chi connectivity index (χ4v) is 3.88. The van der Waals surface area contributed by atoms with Gasteiger partial charge in [-0.15, -0.1) is 0 Å². The van der Waals surface area contributed by atoms with Crippen molar-refractivity contribution in [2.24, 2.45) is 5.73 Å². The third-order valence-electron chi connectivity index (χ3n) is 3.67. The van der Waals surface area contributed by atoms with Crippen LogP contribution in [-0.2, 0) is 9.84 Å². The lowest BCUT2D eigenvalue weighted by atomic mass is 10.2. The minimum atomic E-state index is -3.29. The lowest BCUT2D eigenvalue weighted by Crippen LogP contribution is -2.41. The summed E-state index contributed by atoms with van der Waals surface area (Å²) in [5, 5.41) is 0.591. The molecule has 2 aliphatic heterocycles. The van der Waals surface area contributed by atoms with E-state index in [2.05, 4.69) is 0 Å². The molecule has 2 N–H and O–H groups in total. The Kier molecular flexibility index (Phi) is 3.74. The number of fused-ring (bicyclic) bond motifs is 3. The summed E-state index contributed by atoms with van der Waals surface area (Å²) < 4.78 is 29.3. The second-order valence-electron chi connectivity index (χ2n) is 5.37. The summed E-state index contributed by atoms with van der Waals surface area (Å²) >= 11 is 10.4. The lowest BCUT2D eigenvalue weighted by Gasteiger charge is -2.32. The average molecular weight is 357 g/mol. The van der Waals surface area contributed by atoms with Crippen molar-refractivity contribution in [1.82, 2.24) is 4.90 Å². The van der Waals surface area contributed by atoms with Gasteiger partial charge in [-0.2, -0.15) is 0 Å². The van der Waals surface area contributed by atoms with Crippen LogP contribution in [0.3, 0.4) is 0 Å². The van der Waals surface area contributed by atoms with Crippen LogP contribution in [0.25, 0.3) is 0 Å². The number of nitrogens with zero attached hydrogens (tertiary/aromatic N) is 2. The normalized spacial score (nSPS) is 20.4. The van der Waals surface area contributed by atoms with Crippen molar-refractivity contribution in [3.05, 3.63) is 18.2 Å². The maximum Gasteiger partial charge on any atom is 0.177 e. The van der Waals surface area contributed by atoms with Crippen molar-refractivity contribution in [3.63, 3.8) is 0 Å². The maximum absolute atomic E-state index is 11.8. The van der Waals surface area contributed by atoms with Crippen LogP contribution < -0.4 is 15.4 Å². The summed E-state index contributed by atoms with van der Waals surface area (Å²) in [5.41, 5.74) is 6.28. The van der Waals surface area contributed by atoms with Crippen LogP contribution in [0.15, 0.2) is 23.1 Å². The van der Waals surface area contributed by atoms with Gasteiger partial charge in [-0.25, -0.2) is 8.42 Å². The Bertz CT molecular complexity index is 763. The number of anilines is 1. The van der Waals surface area contributed by atoms with Gasteiger partial charge in [0.25, 0.3) is 0 Å². The van der Waals surface area contributed by atoms with Crippen molar-refractivity contribution in [3.8, 4) is 5.75 Å². The van der Waals surface area contributed by atoms with Gasteiger partial charge in [0.1, 0.15) is 12.4 Å². The van der Waals surface area contributed by atoms with Gasteiger partial charge in [-0.05, 0) is 30.4 Å². The molecular weight excluding hydrogens is 342 g/mol. The Hall–Kier alpha value is -1.45. The minimum Gasteiger partial charge on any atom is -0.489 e. The van der Waals surface area contributed by atoms with Crippen molar-refractivity contribution in [2.45, 2.75) is 10.9 Å². The number of benzene rings is 1. The second kappa shape index (κ2) is 5.32. The van der Waals surface area contributed by atoms with Gasteiger partial charge < -0.3 is 20.3 Å². The number of hydrogen-bond acceptors (Lipinski definition) is 5. The van der Waals surface area contributed by atoms with E-state index in [0.29, 0.717) is 41.2 Å². The van der Waals surface area contributed by atoms with Crippen molar-refractivity contribution < 1.29 is 13.2 Å². The predicted octanol–water partition coefficient (Wildman–Crippen LogP) is 0.544. The monoisotopic (exact) mass is 357 g/mol. The molecule has 0 spiro atoms. The van der Waals surface area contributed by atoms with Gasteiger partial charge in [0, 0.05) is 12.8 Å². The quantitative estimate of drug-likeness (QED) is 0.786. The Morgan fingerprint density at radius 3 is 2.86 bits per heavy atom. The van der Waals surface area contributed by atoms with Crippen LogP contribution in [0.2, 0.25) is 0 Å². The van der Waals surface area contributed by atoms with E-state index in [4.69, 9.17) is 34.9 Å². The molecule has 1 aromatic carbocycles. The van der Waals surface area contributed by atoms with E-state index in [0.717, 1.165) is 0 Å². The number of nitrogens with two attached hydrogens (primary N) is 1. The smallest absolute Gasteiger partial charge is 0.177 e. The SMILES string of the molecule is CS(=O)(=O)c1ccc2c(c1)N1C(=S)N(CC(N)=S)CC1CO2. The molecule has 1 unspecified atom stereocenters. The van der Waals surface area contributed by atoms with E-state index in [1.165, 1.54) is 6.26 Å². The Labute approximate surface area is 139 Å². The van der Waals surface area contributed by atoms with Crippen LogP contribution in [0, 0.1) is 0 Å². The first-order chi connectivity index (χ1) is 10.3. The summed E-state index contributed by atoms with van der Waals surface area (Å²) in [6.45, 7) is 1.54. The number of rotatable bonds is 3. The van der Waals surface area contributed by atoms with Gasteiger partial charge in [0.05, 0.1) is 28.2 Å². The number of hydrogen-bond donors (Lipinski definition) is 1. The lowest BCUT2D eigenvalue weighted by molar-refractivity contribution is 0.270. The van der Waals surface area contributed by atoms with Gasteiger partial charge in [0.2, 0.25) is 0 Å². The number of ether oxygens (including phenoxy) is 1. The third kappa shape index (κ3) is 2.64. The predicted molar refractivity (Wildman–Crippen MR) is 92.3 cm³/mol. The number of sulfone groups is 1. The molecule has 0 radical (unpaired) electrons. The van der Waals surface area contributed by atoms with E-state index < -0.39 is 9.84 Å². The van der Waals surface area contributed by atoms with Gasteiger partial charge >= 0.3 is 0 Å². The summed E-state index contributed by atoms with van der Waals surface area (Å²) in [5.74, 6) is 0.628. The largest absolute Gasteiger partial charge is 0.489 e. The molecule has 6 nitrogen and oxygen atoms in total. The fraction of sp³-hybridized carbons (Fsp3) is 0.385. The average Bonchev–Trinajstić information content (AvgIpc) is 2.73. The highest BCUT2D eigenvalue weighted by molar-refractivity contribution is 7.90. The fourth-order valence-electron chi connectivity index (χ4n) is 2.69. The Morgan fingerprint density at radius 1 is 1.50 bits per heavy atom. The molecular formula is C13H15N3O3S3. The molecule has 1 aromatic rings. The first kappa shape index (κ1) is 15.4. The highest BCUT2D eigenvalue weighted by atomic mass is 32.2.